The van der Waals surface area contributed by atoms with Gasteiger partial charge in [-0.15, -0.1) is 0 Å². The Labute approximate surface area is 200 Å². The van der Waals surface area contributed by atoms with Gasteiger partial charge >= 0.3 is 0 Å². The fourth-order valence-corrected chi connectivity index (χ4v) is 4.35. The third-order valence-corrected chi connectivity index (χ3v) is 6.01. The predicted molar refractivity (Wildman–Crippen MR) is 131 cm³/mol. The zero-order chi connectivity index (χ0) is 22.9. The van der Waals surface area contributed by atoms with Gasteiger partial charge in [-0.3, -0.25) is 4.90 Å². The van der Waals surface area contributed by atoms with Crippen molar-refractivity contribution in [3.05, 3.63) is 107 Å². The standard InChI is InChI=1S/C25H18ClFN4OS/c1-15-21(24-29-23(30-32-24)17-7-11-18(26)12-8-17)22(16-9-13-19(27)14-10-16)28-25(33)31(15)20-5-3-2-4-6-20/h2-14,22H,1H3,(H,28,33). The maximum atomic E-state index is 13.6. The highest BCUT2D eigenvalue weighted by Gasteiger charge is 2.34. The van der Waals surface area contributed by atoms with Gasteiger partial charge < -0.3 is 9.84 Å². The van der Waals surface area contributed by atoms with Crippen molar-refractivity contribution in [1.29, 1.82) is 0 Å². The van der Waals surface area contributed by atoms with Gasteiger partial charge in [0.15, 0.2) is 5.11 Å². The summed E-state index contributed by atoms with van der Waals surface area (Å²) in [6.45, 7) is 1.96. The number of hydrogen-bond acceptors (Lipinski definition) is 4. The summed E-state index contributed by atoms with van der Waals surface area (Å²) in [5.74, 6) is 0.482. The van der Waals surface area contributed by atoms with Gasteiger partial charge in [0.25, 0.3) is 5.89 Å². The third-order valence-electron chi connectivity index (χ3n) is 5.46. The van der Waals surface area contributed by atoms with Crippen LogP contribution in [0.15, 0.2) is 89.1 Å². The van der Waals surface area contributed by atoms with E-state index in [9.17, 15) is 4.39 Å². The van der Waals surface area contributed by atoms with Crippen LogP contribution in [0.1, 0.15) is 24.4 Å². The molecule has 0 aliphatic carbocycles. The molecule has 1 unspecified atom stereocenters. The van der Waals surface area contributed by atoms with Crippen LogP contribution in [0.5, 0.6) is 0 Å². The molecule has 1 aliphatic rings. The van der Waals surface area contributed by atoms with Crippen LogP contribution in [0, 0.1) is 5.82 Å². The fourth-order valence-electron chi connectivity index (χ4n) is 3.86. The number of aromatic nitrogens is 2. The Bertz CT molecular complexity index is 1340. The largest absolute Gasteiger partial charge is 0.351 e. The number of rotatable bonds is 4. The second-order valence-corrected chi connectivity index (χ2v) is 8.36. The Kier molecular flexibility index (Phi) is 5.66. The fraction of sp³-hybridized carbons (Fsp3) is 0.0800. The topological polar surface area (TPSA) is 54.2 Å². The molecule has 164 valence electrons. The van der Waals surface area contributed by atoms with Gasteiger partial charge in [0.2, 0.25) is 5.82 Å². The molecule has 0 bridgehead atoms. The highest BCUT2D eigenvalue weighted by atomic mass is 35.5. The maximum Gasteiger partial charge on any atom is 0.258 e. The van der Waals surface area contributed by atoms with E-state index in [4.69, 9.17) is 28.3 Å². The van der Waals surface area contributed by atoms with Crippen LogP contribution < -0.4 is 10.2 Å². The van der Waals surface area contributed by atoms with Gasteiger partial charge in [0.1, 0.15) is 5.82 Å². The molecule has 5 rings (SSSR count). The van der Waals surface area contributed by atoms with E-state index in [-0.39, 0.29) is 5.82 Å². The number of halogens is 2. The highest BCUT2D eigenvalue weighted by Crippen LogP contribution is 2.39. The third kappa shape index (κ3) is 4.13. The number of nitrogens with one attached hydrogen (secondary N) is 1. The SMILES string of the molecule is CC1=C(c2nc(-c3ccc(Cl)cc3)no2)C(c2ccc(F)cc2)NC(=S)N1c1ccccc1. The molecule has 0 radical (unpaired) electrons. The molecule has 0 saturated heterocycles. The quantitative estimate of drug-likeness (QED) is 0.344. The first-order valence-corrected chi connectivity index (χ1v) is 11.0. The van der Waals surface area contributed by atoms with Gasteiger partial charge in [0, 0.05) is 22.0 Å². The minimum atomic E-state index is -0.392. The number of benzene rings is 3. The Balaban J connectivity index is 1.64. The van der Waals surface area contributed by atoms with E-state index >= 15 is 0 Å². The minimum absolute atomic E-state index is 0.312. The van der Waals surface area contributed by atoms with Crippen molar-refractivity contribution >= 4 is 40.2 Å². The highest BCUT2D eigenvalue weighted by molar-refractivity contribution is 7.80. The minimum Gasteiger partial charge on any atom is -0.351 e. The van der Waals surface area contributed by atoms with Gasteiger partial charge in [0.05, 0.1) is 11.6 Å². The van der Waals surface area contributed by atoms with Gasteiger partial charge in [-0.1, -0.05) is 47.1 Å². The summed E-state index contributed by atoms with van der Waals surface area (Å²) >= 11 is 11.7. The van der Waals surface area contributed by atoms with E-state index in [2.05, 4.69) is 15.5 Å². The van der Waals surface area contributed by atoms with Crippen LogP contribution >= 0.6 is 23.8 Å². The van der Waals surface area contributed by atoms with E-state index in [1.54, 1.807) is 24.3 Å². The van der Waals surface area contributed by atoms with Crippen molar-refractivity contribution in [3.8, 4) is 11.4 Å². The summed E-state index contributed by atoms with van der Waals surface area (Å²) in [6.07, 6.45) is 0. The lowest BCUT2D eigenvalue weighted by molar-refractivity contribution is 0.404. The second kappa shape index (κ2) is 8.77. The molecule has 8 heteroatoms. The average Bonchev–Trinajstić information content (AvgIpc) is 3.30. The molecular weight excluding hydrogens is 459 g/mol. The molecular formula is C25H18ClFN4OS. The molecule has 3 aromatic carbocycles. The van der Waals surface area contributed by atoms with Crippen molar-refractivity contribution in [2.75, 3.05) is 4.90 Å². The van der Waals surface area contributed by atoms with Crippen LogP contribution in [0.3, 0.4) is 0 Å². The van der Waals surface area contributed by atoms with Crippen molar-refractivity contribution in [2.45, 2.75) is 13.0 Å². The zero-order valence-corrected chi connectivity index (χ0v) is 19.1. The summed E-state index contributed by atoms with van der Waals surface area (Å²) in [4.78, 5) is 6.60. The lowest BCUT2D eigenvalue weighted by Crippen LogP contribution is -2.46. The molecule has 2 heterocycles. The molecule has 0 amide bonds. The second-order valence-electron chi connectivity index (χ2n) is 7.53. The van der Waals surface area contributed by atoms with Crippen molar-refractivity contribution in [3.63, 3.8) is 0 Å². The molecule has 0 spiro atoms. The molecule has 1 aromatic heterocycles. The number of nitrogens with zero attached hydrogens (tertiary/aromatic N) is 3. The van der Waals surface area contributed by atoms with E-state index < -0.39 is 6.04 Å². The Morgan fingerprint density at radius 2 is 1.70 bits per heavy atom. The Hall–Kier alpha value is -3.55. The van der Waals surface area contributed by atoms with Crippen LogP contribution in [-0.2, 0) is 0 Å². The van der Waals surface area contributed by atoms with Crippen molar-refractivity contribution in [1.82, 2.24) is 15.5 Å². The molecule has 4 aromatic rings. The van der Waals surface area contributed by atoms with Gasteiger partial charge in [-0.25, -0.2) is 4.39 Å². The number of anilines is 1. The average molecular weight is 477 g/mol. The lowest BCUT2D eigenvalue weighted by Gasteiger charge is -2.37. The summed E-state index contributed by atoms with van der Waals surface area (Å²) < 4.78 is 19.3. The summed E-state index contributed by atoms with van der Waals surface area (Å²) in [5, 5.41) is 8.70. The first kappa shape index (κ1) is 21.3. The predicted octanol–water partition coefficient (Wildman–Crippen LogP) is 6.40. The van der Waals surface area contributed by atoms with Crippen LogP contribution in [0.2, 0.25) is 5.02 Å². The van der Waals surface area contributed by atoms with E-state index in [1.807, 2.05) is 54.3 Å². The number of para-hydroxylation sites is 1. The first-order chi connectivity index (χ1) is 16.0. The summed E-state index contributed by atoms with van der Waals surface area (Å²) in [5.41, 5.74) is 4.11. The Morgan fingerprint density at radius 1 is 1.00 bits per heavy atom. The summed E-state index contributed by atoms with van der Waals surface area (Å²) in [6, 6.07) is 22.9. The molecule has 1 N–H and O–H groups in total. The summed E-state index contributed by atoms with van der Waals surface area (Å²) in [7, 11) is 0. The van der Waals surface area contributed by atoms with Gasteiger partial charge in [-0.05, 0) is 73.2 Å². The van der Waals surface area contributed by atoms with Gasteiger partial charge in [-0.2, -0.15) is 4.98 Å². The van der Waals surface area contributed by atoms with Crippen LogP contribution in [0.4, 0.5) is 10.1 Å². The van der Waals surface area contributed by atoms with Crippen LogP contribution in [-0.4, -0.2) is 15.3 Å². The maximum absolute atomic E-state index is 13.6. The number of allylic oxidation sites excluding steroid dienone is 1. The number of hydrogen-bond donors (Lipinski definition) is 1. The Morgan fingerprint density at radius 3 is 2.39 bits per heavy atom. The molecule has 33 heavy (non-hydrogen) atoms. The molecule has 1 atom stereocenters. The molecule has 0 fully saturated rings. The monoisotopic (exact) mass is 476 g/mol. The van der Waals surface area contributed by atoms with Crippen molar-refractivity contribution < 1.29 is 8.91 Å². The molecule has 5 nitrogen and oxygen atoms in total. The van der Waals surface area contributed by atoms with Crippen LogP contribution in [0.25, 0.3) is 17.0 Å². The molecule has 1 aliphatic heterocycles. The first-order valence-electron chi connectivity index (χ1n) is 10.2. The zero-order valence-electron chi connectivity index (χ0n) is 17.5. The normalized spacial score (nSPS) is 16.2. The van der Waals surface area contributed by atoms with Crippen molar-refractivity contribution in [2.24, 2.45) is 0 Å². The smallest absolute Gasteiger partial charge is 0.258 e. The van der Waals surface area contributed by atoms with E-state index in [0.29, 0.717) is 21.9 Å². The van der Waals surface area contributed by atoms with E-state index in [0.717, 1.165) is 28.1 Å². The van der Waals surface area contributed by atoms with E-state index in [1.165, 1.54) is 12.1 Å². The molecule has 0 saturated carbocycles. The number of thiocarbonyl (C=S) groups is 1. The lowest BCUT2D eigenvalue weighted by atomic mass is 9.94.